The van der Waals surface area contributed by atoms with Gasteiger partial charge in [0.25, 0.3) is 0 Å². The second-order valence-corrected chi connectivity index (χ2v) is 5.39. The van der Waals surface area contributed by atoms with E-state index in [1.54, 1.807) is 38.1 Å². The largest absolute Gasteiger partial charge is 0.405 e. The molecule has 0 fully saturated rings. The summed E-state index contributed by atoms with van der Waals surface area (Å²) in [7, 11) is 1.44. The van der Waals surface area contributed by atoms with E-state index in [9.17, 15) is 13.2 Å². The molecule has 0 aliphatic carbocycles. The molecular weight excluding hydrogens is 289 g/mol. The fourth-order valence-corrected chi connectivity index (χ4v) is 2.44. The monoisotopic (exact) mass is 308 g/mol. The second-order valence-electron chi connectivity index (χ2n) is 4.96. The maximum absolute atomic E-state index is 13.2. The highest BCUT2D eigenvalue weighted by Gasteiger charge is 2.46. The zero-order valence-electron chi connectivity index (χ0n) is 11.8. The predicted molar refractivity (Wildman–Crippen MR) is 75.7 cm³/mol. The molecule has 0 amide bonds. The van der Waals surface area contributed by atoms with E-state index in [1.807, 2.05) is 0 Å². The van der Waals surface area contributed by atoms with Crippen molar-refractivity contribution in [2.45, 2.75) is 44.6 Å². The van der Waals surface area contributed by atoms with Crippen LogP contribution in [0.2, 0.25) is 5.02 Å². The van der Waals surface area contributed by atoms with Crippen molar-refractivity contribution in [2.75, 3.05) is 7.05 Å². The highest BCUT2D eigenvalue weighted by Crippen LogP contribution is 2.32. The molecule has 0 spiro atoms. The highest BCUT2D eigenvalue weighted by atomic mass is 35.5. The first kappa shape index (κ1) is 17.3. The number of halogens is 4. The minimum Gasteiger partial charge on any atom is -0.326 e. The van der Waals surface area contributed by atoms with Crippen LogP contribution in [0.25, 0.3) is 0 Å². The molecule has 1 rings (SSSR count). The third kappa shape index (κ3) is 4.11. The summed E-state index contributed by atoms with van der Waals surface area (Å²) in [6, 6.07) is 3.79. The van der Waals surface area contributed by atoms with Gasteiger partial charge in [-0.05, 0) is 38.1 Å². The van der Waals surface area contributed by atoms with Gasteiger partial charge in [-0.3, -0.25) is 4.90 Å². The number of hydrogen-bond acceptors (Lipinski definition) is 2. The summed E-state index contributed by atoms with van der Waals surface area (Å²) in [5.41, 5.74) is 6.40. The SMILES string of the molecule is CCC(N)C(N(C)C(C)c1cccc(Cl)c1)C(F)(F)F. The van der Waals surface area contributed by atoms with Crippen molar-refractivity contribution in [3.63, 3.8) is 0 Å². The number of benzene rings is 1. The van der Waals surface area contributed by atoms with Crippen molar-refractivity contribution < 1.29 is 13.2 Å². The Morgan fingerprint density at radius 1 is 1.35 bits per heavy atom. The fourth-order valence-electron chi connectivity index (χ4n) is 2.24. The lowest BCUT2D eigenvalue weighted by molar-refractivity contribution is -0.191. The van der Waals surface area contributed by atoms with Crippen LogP contribution in [0.1, 0.15) is 31.9 Å². The first-order chi connectivity index (χ1) is 9.18. The van der Waals surface area contributed by atoms with E-state index < -0.39 is 24.3 Å². The molecule has 20 heavy (non-hydrogen) atoms. The summed E-state index contributed by atoms with van der Waals surface area (Å²) in [6.07, 6.45) is -4.10. The topological polar surface area (TPSA) is 29.3 Å². The second kappa shape index (κ2) is 6.78. The molecule has 0 aliphatic heterocycles. The van der Waals surface area contributed by atoms with E-state index in [-0.39, 0.29) is 6.42 Å². The van der Waals surface area contributed by atoms with Gasteiger partial charge in [0.2, 0.25) is 0 Å². The molecule has 3 unspecified atom stereocenters. The van der Waals surface area contributed by atoms with E-state index >= 15 is 0 Å². The van der Waals surface area contributed by atoms with Gasteiger partial charge in [-0.2, -0.15) is 13.2 Å². The molecule has 1 aromatic carbocycles. The summed E-state index contributed by atoms with van der Waals surface area (Å²) >= 11 is 5.89. The van der Waals surface area contributed by atoms with Gasteiger partial charge < -0.3 is 5.73 Å². The lowest BCUT2D eigenvalue weighted by Gasteiger charge is -2.37. The molecule has 6 heteroatoms. The standard InChI is InChI=1S/C14H20ClF3N2/c1-4-12(19)13(14(16,17)18)20(3)9(2)10-6-5-7-11(15)8-10/h5-9,12-13H,4,19H2,1-3H3. The number of hydrogen-bond donors (Lipinski definition) is 1. The first-order valence-electron chi connectivity index (χ1n) is 6.48. The van der Waals surface area contributed by atoms with Crippen molar-refractivity contribution in [3.8, 4) is 0 Å². The summed E-state index contributed by atoms with van der Waals surface area (Å²) in [4.78, 5) is 1.26. The molecule has 2 N–H and O–H groups in total. The molecular formula is C14H20ClF3N2. The smallest absolute Gasteiger partial charge is 0.326 e. The molecule has 3 atom stereocenters. The highest BCUT2D eigenvalue weighted by molar-refractivity contribution is 6.30. The van der Waals surface area contributed by atoms with Crippen molar-refractivity contribution in [1.82, 2.24) is 4.90 Å². The Bertz CT molecular complexity index is 437. The van der Waals surface area contributed by atoms with Gasteiger partial charge in [0.05, 0.1) is 0 Å². The van der Waals surface area contributed by atoms with Crippen molar-refractivity contribution in [3.05, 3.63) is 34.9 Å². The summed E-state index contributed by atoms with van der Waals surface area (Å²) < 4.78 is 39.6. The normalized spacial score (nSPS) is 17.1. The maximum Gasteiger partial charge on any atom is 0.405 e. The van der Waals surface area contributed by atoms with Gasteiger partial charge in [0, 0.05) is 17.1 Å². The minimum absolute atomic E-state index is 0.261. The van der Waals surface area contributed by atoms with Gasteiger partial charge in [-0.25, -0.2) is 0 Å². The number of rotatable bonds is 5. The van der Waals surface area contributed by atoms with E-state index in [4.69, 9.17) is 17.3 Å². The minimum atomic E-state index is -4.36. The van der Waals surface area contributed by atoms with E-state index in [1.165, 1.54) is 11.9 Å². The zero-order chi connectivity index (χ0) is 15.5. The quantitative estimate of drug-likeness (QED) is 0.891. The van der Waals surface area contributed by atoms with Crippen LogP contribution in [0.15, 0.2) is 24.3 Å². The molecule has 2 nitrogen and oxygen atoms in total. The molecule has 0 aromatic heterocycles. The molecule has 0 radical (unpaired) electrons. The van der Waals surface area contributed by atoms with Crippen LogP contribution in [0.3, 0.4) is 0 Å². The lowest BCUT2D eigenvalue weighted by atomic mass is 10.00. The Balaban J connectivity index is 3.03. The number of alkyl halides is 3. The van der Waals surface area contributed by atoms with Gasteiger partial charge in [-0.1, -0.05) is 30.7 Å². The van der Waals surface area contributed by atoms with Crippen LogP contribution in [-0.4, -0.2) is 30.2 Å². The van der Waals surface area contributed by atoms with E-state index in [0.29, 0.717) is 5.02 Å². The summed E-state index contributed by atoms with van der Waals surface area (Å²) in [5.74, 6) is 0. The number of likely N-dealkylation sites (N-methyl/N-ethyl adjacent to an activating group) is 1. The molecule has 0 saturated heterocycles. The van der Waals surface area contributed by atoms with Gasteiger partial charge >= 0.3 is 6.18 Å². The van der Waals surface area contributed by atoms with Gasteiger partial charge in [0.1, 0.15) is 6.04 Å². The van der Waals surface area contributed by atoms with Crippen molar-refractivity contribution >= 4 is 11.6 Å². The Labute approximate surface area is 122 Å². The maximum atomic E-state index is 13.2. The van der Waals surface area contributed by atoms with Crippen LogP contribution in [0.4, 0.5) is 13.2 Å². The van der Waals surface area contributed by atoms with Gasteiger partial charge in [0.15, 0.2) is 0 Å². The number of nitrogens with two attached hydrogens (primary N) is 1. The van der Waals surface area contributed by atoms with Crippen molar-refractivity contribution in [2.24, 2.45) is 5.73 Å². The Morgan fingerprint density at radius 2 is 1.95 bits per heavy atom. The third-order valence-electron chi connectivity index (χ3n) is 3.59. The summed E-state index contributed by atoms with van der Waals surface area (Å²) in [6.45, 7) is 3.37. The van der Waals surface area contributed by atoms with Gasteiger partial charge in [-0.15, -0.1) is 0 Å². The molecule has 1 aromatic rings. The Hall–Kier alpha value is -0.780. The number of nitrogens with zero attached hydrogens (tertiary/aromatic N) is 1. The molecule has 114 valence electrons. The van der Waals surface area contributed by atoms with Crippen molar-refractivity contribution in [1.29, 1.82) is 0 Å². The van der Waals surface area contributed by atoms with E-state index in [0.717, 1.165) is 5.56 Å². The average Bonchev–Trinajstić information content (AvgIpc) is 2.36. The van der Waals surface area contributed by atoms with Crippen LogP contribution in [0.5, 0.6) is 0 Å². The Morgan fingerprint density at radius 3 is 2.40 bits per heavy atom. The van der Waals surface area contributed by atoms with Crippen LogP contribution in [0, 0.1) is 0 Å². The van der Waals surface area contributed by atoms with Crippen LogP contribution >= 0.6 is 11.6 Å². The predicted octanol–water partition coefficient (Wildman–Crippen LogP) is 4.00. The molecule has 0 saturated carbocycles. The average molecular weight is 309 g/mol. The van der Waals surface area contributed by atoms with Crippen LogP contribution in [-0.2, 0) is 0 Å². The fraction of sp³-hybridized carbons (Fsp3) is 0.571. The van der Waals surface area contributed by atoms with E-state index in [2.05, 4.69) is 0 Å². The lowest BCUT2D eigenvalue weighted by Crippen LogP contribution is -2.55. The van der Waals surface area contributed by atoms with Crippen LogP contribution < -0.4 is 5.73 Å². The Kier molecular flexibility index (Phi) is 5.86. The summed E-state index contributed by atoms with van der Waals surface area (Å²) in [5, 5.41) is 0.506. The molecule has 0 aliphatic rings. The zero-order valence-corrected chi connectivity index (χ0v) is 12.5. The molecule has 0 bridgehead atoms. The third-order valence-corrected chi connectivity index (χ3v) is 3.83. The molecule has 0 heterocycles. The first-order valence-corrected chi connectivity index (χ1v) is 6.86.